The molecule has 0 saturated heterocycles. The number of aromatic nitrogens is 4. The van der Waals surface area contributed by atoms with Crippen molar-refractivity contribution in [1.29, 1.82) is 0 Å². The molecule has 1 N–H and O–H groups in total. The summed E-state index contributed by atoms with van der Waals surface area (Å²) in [5.41, 5.74) is 1.83. The van der Waals surface area contributed by atoms with E-state index in [0.29, 0.717) is 28.8 Å². The number of benzene rings is 2. The van der Waals surface area contributed by atoms with Crippen molar-refractivity contribution >= 4 is 28.5 Å². The van der Waals surface area contributed by atoms with Gasteiger partial charge in [-0.2, -0.15) is 5.10 Å². The summed E-state index contributed by atoms with van der Waals surface area (Å²) < 4.78 is 1.54. The Balaban J connectivity index is 1.20. The zero-order chi connectivity index (χ0) is 22.8. The van der Waals surface area contributed by atoms with E-state index < -0.39 is 0 Å². The van der Waals surface area contributed by atoms with Crippen molar-refractivity contribution in [3.63, 3.8) is 0 Å². The SMILES string of the molecule is O=C(CCCN1C(=O)c2cccc3cccc(c23)C1=O)NCc1cccnc1-n1cncn1. The monoisotopic (exact) mass is 440 g/mol. The molecule has 2 aromatic heterocycles. The Hall–Kier alpha value is -4.40. The van der Waals surface area contributed by atoms with Crippen LogP contribution in [0.4, 0.5) is 0 Å². The van der Waals surface area contributed by atoms with E-state index in [1.54, 1.807) is 30.7 Å². The van der Waals surface area contributed by atoms with Crippen LogP contribution in [0.3, 0.4) is 0 Å². The average molecular weight is 440 g/mol. The van der Waals surface area contributed by atoms with Gasteiger partial charge >= 0.3 is 0 Å². The second-order valence-electron chi connectivity index (χ2n) is 7.68. The highest BCUT2D eigenvalue weighted by Crippen LogP contribution is 2.30. The number of nitrogens with zero attached hydrogens (tertiary/aromatic N) is 5. The lowest BCUT2D eigenvalue weighted by Crippen LogP contribution is -2.41. The molecule has 0 bridgehead atoms. The number of amides is 3. The van der Waals surface area contributed by atoms with Crippen LogP contribution in [-0.4, -0.2) is 48.9 Å². The van der Waals surface area contributed by atoms with Crippen LogP contribution < -0.4 is 5.32 Å². The molecule has 5 rings (SSSR count). The van der Waals surface area contributed by atoms with Gasteiger partial charge in [-0.05, 0) is 30.0 Å². The molecule has 0 spiro atoms. The zero-order valence-corrected chi connectivity index (χ0v) is 17.6. The molecule has 2 aromatic carbocycles. The van der Waals surface area contributed by atoms with Gasteiger partial charge in [-0.3, -0.25) is 19.3 Å². The second kappa shape index (κ2) is 8.62. The largest absolute Gasteiger partial charge is 0.352 e. The number of nitrogens with one attached hydrogen (secondary N) is 1. The van der Waals surface area contributed by atoms with Crippen LogP contribution in [0.2, 0.25) is 0 Å². The van der Waals surface area contributed by atoms with E-state index in [1.807, 2.05) is 30.3 Å². The molecule has 0 radical (unpaired) electrons. The summed E-state index contributed by atoms with van der Waals surface area (Å²) in [6.07, 6.45) is 5.15. The molecule has 1 aliphatic heterocycles. The molecule has 9 heteroatoms. The van der Waals surface area contributed by atoms with Crippen LogP contribution in [0.1, 0.15) is 39.1 Å². The van der Waals surface area contributed by atoms with Crippen molar-refractivity contribution in [2.75, 3.05) is 6.54 Å². The molecule has 0 aliphatic carbocycles. The average Bonchev–Trinajstić information content (AvgIpc) is 3.38. The van der Waals surface area contributed by atoms with Gasteiger partial charge < -0.3 is 5.32 Å². The summed E-state index contributed by atoms with van der Waals surface area (Å²) >= 11 is 0. The number of hydrogen-bond donors (Lipinski definition) is 1. The lowest BCUT2D eigenvalue weighted by molar-refractivity contribution is -0.121. The van der Waals surface area contributed by atoms with Crippen molar-refractivity contribution in [3.05, 3.63) is 84.1 Å². The molecule has 4 aromatic rings. The van der Waals surface area contributed by atoms with Crippen molar-refractivity contribution in [2.45, 2.75) is 19.4 Å². The predicted octanol–water partition coefficient (Wildman–Crippen LogP) is 2.51. The van der Waals surface area contributed by atoms with E-state index in [1.165, 1.54) is 15.9 Å². The summed E-state index contributed by atoms with van der Waals surface area (Å²) in [5.74, 6) is -0.231. The van der Waals surface area contributed by atoms with Gasteiger partial charge in [-0.25, -0.2) is 14.6 Å². The smallest absolute Gasteiger partial charge is 0.261 e. The van der Waals surface area contributed by atoms with Crippen LogP contribution in [0.5, 0.6) is 0 Å². The van der Waals surface area contributed by atoms with Crippen LogP contribution in [0.25, 0.3) is 16.6 Å². The zero-order valence-electron chi connectivity index (χ0n) is 17.6. The molecule has 164 valence electrons. The van der Waals surface area contributed by atoms with E-state index in [4.69, 9.17) is 0 Å². The van der Waals surface area contributed by atoms with E-state index in [0.717, 1.165) is 10.9 Å². The number of rotatable bonds is 7. The number of carbonyl (C=O) groups excluding carboxylic acids is 3. The van der Waals surface area contributed by atoms with Crippen molar-refractivity contribution < 1.29 is 14.4 Å². The molecule has 0 unspecified atom stereocenters. The van der Waals surface area contributed by atoms with Crippen molar-refractivity contribution in [3.8, 4) is 5.82 Å². The summed E-state index contributed by atoms with van der Waals surface area (Å²) in [6.45, 7) is 0.450. The number of imide groups is 1. The van der Waals surface area contributed by atoms with E-state index in [9.17, 15) is 14.4 Å². The quantitative estimate of drug-likeness (QED) is 0.442. The minimum absolute atomic E-state index is 0.174. The Labute approximate surface area is 189 Å². The van der Waals surface area contributed by atoms with Crippen LogP contribution >= 0.6 is 0 Å². The normalized spacial score (nSPS) is 12.9. The molecular weight excluding hydrogens is 420 g/mol. The third kappa shape index (κ3) is 3.84. The molecule has 0 fully saturated rings. The van der Waals surface area contributed by atoms with Gasteiger partial charge in [0.15, 0.2) is 5.82 Å². The Kier molecular flexibility index (Phi) is 5.35. The molecule has 33 heavy (non-hydrogen) atoms. The highest BCUT2D eigenvalue weighted by Gasteiger charge is 2.32. The fraction of sp³-hybridized carbons (Fsp3) is 0.167. The predicted molar refractivity (Wildman–Crippen MR) is 120 cm³/mol. The van der Waals surface area contributed by atoms with E-state index in [2.05, 4.69) is 20.4 Å². The topological polar surface area (TPSA) is 110 Å². The maximum Gasteiger partial charge on any atom is 0.261 e. The molecule has 3 amide bonds. The van der Waals surface area contributed by atoms with Gasteiger partial charge in [0.2, 0.25) is 5.91 Å². The Morgan fingerprint density at radius 2 is 1.73 bits per heavy atom. The summed E-state index contributed by atoms with van der Waals surface area (Å²) in [7, 11) is 0. The number of pyridine rings is 1. The first-order valence-corrected chi connectivity index (χ1v) is 10.6. The highest BCUT2D eigenvalue weighted by atomic mass is 16.2. The van der Waals surface area contributed by atoms with Crippen molar-refractivity contribution in [1.82, 2.24) is 30.0 Å². The van der Waals surface area contributed by atoms with E-state index >= 15 is 0 Å². The minimum Gasteiger partial charge on any atom is -0.352 e. The van der Waals surface area contributed by atoms with Gasteiger partial charge in [0, 0.05) is 47.8 Å². The van der Waals surface area contributed by atoms with Crippen LogP contribution in [-0.2, 0) is 11.3 Å². The maximum atomic E-state index is 12.9. The standard InChI is InChI=1S/C24H20N6O3/c31-20(27-13-17-7-3-11-26-22(17)30-15-25-14-28-30)10-4-12-29-23(32)18-8-1-5-16-6-2-9-19(21(16)18)24(29)33/h1-3,5-9,11,14-15H,4,10,12-13H2,(H,27,31). The lowest BCUT2D eigenvalue weighted by atomic mass is 9.94. The summed E-state index contributed by atoms with van der Waals surface area (Å²) in [6, 6.07) is 14.5. The molecule has 3 heterocycles. The minimum atomic E-state index is -0.322. The molecule has 0 atom stereocenters. The van der Waals surface area contributed by atoms with Crippen LogP contribution in [0.15, 0.2) is 67.4 Å². The molecular formula is C24H20N6O3. The first kappa shape index (κ1) is 20.5. The van der Waals surface area contributed by atoms with Gasteiger partial charge in [0.25, 0.3) is 11.8 Å². The van der Waals surface area contributed by atoms with E-state index in [-0.39, 0.29) is 37.2 Å². The van der Waals surface area contributed by atoms with Gasteiger partial charge in [0.05, 0.1) is 0 Å². The highest BCUT2D eigenvalue weighted by molar-refractivity contribution is 6.25. The first-order chi connectivity index (χ1) is 16.1. The number of hydrogen-bond acceptors (Lipinski definition) is 6. The lowest BCUT2D eigenvalue weighted by Gasteiger charge is -2.27. The maximum absolute atomic E-state index is 12.9. The third-order valence-corrected chi connectivity index (χ3v) is 5.62. The Morgan fingerprint density at radius 1 is 0.970 bits per heavy atom. The van der Waals surface area contributed by atoms with Gasteiger partial charge in [0.1, 0.15) is 12.7 Å². The number of carbonyl (C=O) groups is 3. The third-order valence-electron chi connectivity index (χ3n) is 5.62. The summed E-state index contributed by atoms with van der Waals surface area (Å²) in [4.78, 5) is 47.7. The molecule has 1 aliphatic rings. The first-order valence-electron chi connectivity index (χ1n) is 10.6. The summed E-state index contributed by atoms with van der Waals surface area (Å²) in [5, 5.41) is 8.51. The Bertz CT molecular complexity index is 1320. The molecule has 0 saturated carbocycles. The van der Waals surface area contributed by atoms with Gasteiger partial charge in [-0.15, -0.1) is 0 Å². The van der Waals surface area contributed by atoms with Crippen LogP contribution in [0, 0.1) is 0 Å². The fourth-order valence-corrected chi connectivity index (χ4v) is 4.06. The fourth-order valence-electron chi connectivity index (χ4n) is 4.06. The molecule has 9 nitrogen and oxygen atoms in total. The Morgan fingerprint density at radius 3 is 2.42 bits per heavy atom. The van der Waals surface area contributed by atoms with Gasteiger partial charge in [-0.1, -0.05) is 30.3 Å². The van der Waals surface area contributed by atoms with Crippen molar-refractivity contribution in [2.24, 2.45) is 0 Å². The second-order valence-corrected chi connectivity index (χ2v) is 7.68.